The summed E-state index contributed by atoms with van der Waals surface area (Å²) in [6.07, 6.45) is 0. The van der Waals surface area contributed by atoms with Crippen molar-refractivity contribution in [1.29, 1.82) is 0 Å². The number of aromatic hydroxyl groups is 1. The summed E-state index contributed by atoms with van der Waals surface area (Å²) in [6.45, 7) is 9.50. The number of phenolic OH excluding ortho intramolecular Hbond substituents is 1. The third kappa shape index (κ3) is 2.17. The molecule has 0 atom stereocenters. The topological polar surface area (TPSA) is 29.5 Å². The van der Waals surface area contributed by atoms with Crippen LogP contribution in [-0.2, 0) is 4.74 Å². The average Bonchev–Trinajstić information content (AvgIpc) is 2.54. The van der Waals surface area contributed by atoms with Crippen LogP contribution in [0.15, 0.2) is 29.8 Å². The smallest absolute Gasteiger partial charge is 0.126 e. The van der Waals surface area contributed by atoms with Gasteiger partial charge in [0, 0.05) is 11.0 Å². The number of hydrogen-bond acceptors (Lipinski definition) is 2. The van der Waals surface area contributed by atoms with Gasteiger partial charge in [0.2, 0.25) is 0 Å². The second-order valence-corrected chi connectivity index (χ2v) is 5.62. The molecule has 2 heteroatoms. The Morgan fingerprint density at radius 1 is 1.29 bits per heavy atom. The van der Waals surface area contributed by atoms with E-state index in [9.17, 15) is 5.11 Å². The van der Waals surface area contributed by atoms with Gasteiger partial charge in [0.15, 0.2) is 0 Å². The van der Waals surface area contributed by atoms with E-state index in [4.69, 9.17) is 4.74 Å². The Morgan fingerprint density at radius 2 is 2.00 bits per heavy atom. The van der Waals surface area contributed by atoms with Gasteiger partial charge in [-0.1, -0.05) is 39.8 Å². The van der Waals surface area contributed by atoms with Gasteiger partial charge in [0.05, 0.1) is 6.61 Å². The number of hydrogen-bond donors (Lipinski definition) is 1. The molecule has 2 nitrogen and oxygen atoms in total. The van der Waals surface area contributed by atoms with Crippen molar-refractivity contribution in [2.75, 3.05) is 6.61 Å². The van der Waals surface area contributed by atoms with Crippen molar-refractivity contribution < 1.29 is 9.84 Å². The Bertz CT molecular complexity index is 456. The van der Waals surface area contributed by atoms with Crippen molar-refractivity contribution in [3.8, 4) is 5.75 Å². The van der Waals surface area contributed by atoms with Gasteiger partial charge in [0.25, 0.3) is 0 Å². The molecule has 0 saturated carbocycles. The number of phenols is 1. The standard InChI is InChI=1S/C15H20O2/c1-10(2)13-14(17-9-15(13,3)4)11-6-5-7-12(16)8-11/h5-8,10,16H,9H2,1-4H3. The molecule has 0 spiro atoms. The molecule has 0 amide bonds. The van der Waals surface area contributed by atoms with E-state index in [1.54, 1.807) is 12.1 Å². The first-order chi connectivity index (χ1) is 7.92. The second-order valence-electron chi connectivity index (χ2n) is 5.62. The molecule has 0 radical (unpaired) electrons. The molecule has 0 aliphatic carbocycles. The van der Waals surface area contributed by atoms with Crippen molar-refractivity contribution in [3.05, 3.63) is 35.4 Å². The molecule has 1 aliphatic heterocycles. The maximum Gasteiger partial charge on any atom is 0.126 e. The van der Waals surface area contributed by atoms with Gasteiger partial charge < -0.3 is 9.84 Å². The van der Waals surface area contributed by atoms with Crippen LogP contribution in [0.5, 0.6) is 5.75 Å². The van der Waals surface area contributed by atoms with Crippen LogP contribution in [0, 0.1) is 11.3 Å². The Balaban J connectivity index is 2.53. The first kappa shape index (κ1) is 12.0. The zero-order valence-corrected chi connectivity index (χ0v) is 10.9. The van der Waals surface area contributed by atoms with E-state index in [-0.39, 0.29) is 11.2 Å². The van der Waals surface area contributed by atoms with Gasteiger partial charge in [-0.05, 0) is 23.6 Å². The van der Waals surface area contributed by atoms with Crippen LogP contribution < -0.4 is 0 Å². The molecule has 1 N–H and O–H groups in total. The van der Waals surface area contributed by atoms with E-state index in [0.29, 0.717) is 12.5 Å². The lowest BCUT2D eigenvalue weighted by Gasteiger charge is -2.22. The van der Waals surface area contributed by atoms with E-state index in [0.717, 1.165) is 11.3 Å². The predicted octanol–water partition coefficient (Wildman–Crippen LogP) is 3.82. The van der Waals surface area contributed by atoms with Gasteiger partial charge in [-0.15, -0.1) is 0 Å². The Labute approximate surface area is 103 Å². The fraction of sp³-hybridized carbons (Fsp3) is 0.467. The van der Waals surface area contributed by atoms with Gasteiger partial charge in [-0.2, -0.15) is 0 Å². The SMILES string of the molecule is CC(C)C1=C(c2cccc(O)c2)OCC1(C)C. The quantitative estimate of drug-likeness (QED) is 0.840. The van der Waals surface area contributed by atoms with Gasteiger partial charge in [-0.3, -0.25) is 0 Å². The summed E-state index contributed by atoms with van der Waals surface area (Å²) in [6, 6.07) is 7.28. The maximum atomic E-state index is 9.55. The molecule has 2 rings (SSSR count). The Kier molecular flexibility index (Phi) is 2.90. The molecule has 1 aliphatic rings. The highest BCUT2D eigenvalue weighted by Crippen LogP contribution is 2.44. The summed E-state index contributed by atoms with van der Waals surface area (Å²) >= 11 is 0. The van der Waals surface area contributed by atoms with Crippen LogP contribution in [0.4, 0.5) is 0 Å². The summed E-state index contributed by atoms with van der Waals surface area (Å²) in [7, 11) is 0. The van der Waals surface area contributed by atoms with Crippen molar-refractivity contribution in [2.45, 2.75) is 27.7 Å². The van der Waals surface area contributed by atoms with Crippen LogP contribution in [0.1, 0.15) is 33.3 Å². The first-order valence-electron chi connectivity index (χ1n) is 6.08. The number of rotatable bonds is 2. The van der Waals surface area contributed by atoms with E-state index in [1.165, 1.54) is 5.57 Å². The molecule has 0 unspecified atom stereocenters. The van der Waals surface area contributed by atoms with Crippen LogP contribution in [0.3, 0.4) is 0 Å². The molecule has 1 aromatic rings. The zero-order chi connectivity index (χ0) is 12.6. The van der Waals surface area contributed by atoms with Crippen LogP contribution in [-0.4, -0.2) is 11.7 Å². The Morgan fingerprint density at radius 3 is 2.59 bits per heavy atom. The minimum absolute atomic E-state index is 0.0783. The minimum atomic E-state index is 0.0783. The minimum Gasteiger partial charge on any atom is -0.508 e. The highest BCUT2D eigenvalue weighted by molar-refractivity contribution is 5.67. The second kappa shape index (κ2) is 4.10. The highest BCUT2D eigenvalue weighted by Gasteiger charge is 2.36. The van der Waals surface area contributed by atoms with Gasteiger partial charge >= 0.3 is 0 Å². The van der Waals surface area contributed by atoms with Gasteiger partial charge in [0.1, 0.15) is 11.5 Å². The fourth-order valence-corrected chi connectivity index (χ4v) is 2.65. The van der Waals surface area contributed by atoms with Crippen LogP contribution >= 0.6 is 0 Å². The lowest BCUT2D eigenvalue weighted by atomic mass is 9.79. The van der Waals surface area contributed by atoms with Crippen molar-refractivity contribution in [3.63, 3.8) is 0 Å². The highest BCUT2D eigenvalue weighted by atomic mass is 16.5. The third-order valence-electron chi connectivity index (χ3n) is 3.24. The van der Waals surface area contributed by atoms with E-state index < -0.39 is 0 Å². The van der Waals surface area contributed by atoms with E-state index in [2.05, 4.69) is 27.7 Å². The number of ether oxygens (including phenoxy) is 1. The first-order valence-corrected chi connectivity index (χ1v) is 6.08. The Hall–Kier alpha value is -1.44. The monoisotopic (exact) mass is 232 g/mol. The van der Waals surface area contributed by atoms with E-state index >= 15 is 0 Å². The molecule has 1 heterocycles. The molecule has 0 fully saturated rings. The molecule has 17 heavy (non-hydrogen) atoms. The van der Waals surface area contributed by atoms with Crippen molar-refractivity contribution >= 4 is 5.76 Å². The van der Waals surface area contributed by atoms with Crippen molar-refractivity contribution in [2.24, 2.45) is 11.3 Å². The zero-order valence-electron chi connectivity index (χ0n) is 10.9. The number of benzene rings is 1. The fourth-order valence-electron chi connectivity index (χ4n) is 2.65. The lowest BCUT2D eigenvalue weighted by Crippen LogP contribution is -2.18. The van der Waals surface area contributed by atoms with Crippen molar-refractivity contribution in [1.82, 2.24) is 0 Å². The molecule has 0 bridgehead atoms. The van der Waals surface area contributed by atoms with Crippen LogP contribution in [0.25, 0.3) is 5.76 Å². The summed E-state index contributed by atoms with van der Waals surface area (Å²) in [5.74, 6) is 1.68. The van der Waals surface area contributed by atoms with Gasteiger partial charge in [-0.25, -0.2) is 0 Å². The molecule has 0 saturated heterocycles. The normalized spacial score (nSPS) is 18.6. The summed E-state index contributed by atoms with van der Waals surface area (Å²) < 4.78 is 5.85. The molecule has 92 valence electrons. The average molecular weight is 232 g/mol. The summed E-state index contributed by atoms with van der Waals surface area (Å²) in [5, 5.41) is 9.55. The molecular weight excluding hydrogens is 212 g/mol. The molecular formula is C15H20O2. The van der Waals surface area contributed by atoms with E-state index in [1.807, 2.05) is 12.1 Å². The summed E-state index contributed by atoms with van der Waals surface area (Å²) in [4.78, 5) is 0. The summed E-state index contributed by atoms with van der Waals surface area (Å²) in [5.41, 5.74) is 2.39. The van der Waals surface area contributed by atoms with Crippen LogP contribution in [0.2, 0.25) is 0 Å². The lowest BCUT2D eigenvalue weighted by molar-refractivity contribution is 0.220. The largest absolute Gasteiger partial charge is 0.508 e. The predicted molar refractivity (Wildman–Crippen MR) is 69.6 cm³/mol. The maximum absolute atomic E-state index is 9.55. The molecule has 0 aromatic heterocycles. The third-order valence-corrected chi connectivity index (χ3v) is 3.24. The molecule has 1 aromatic carbocycles.